The molecule has 0 radical (unpaired) electrons. The van der Waals surface area contributed by atoms with Crippen LogP contribution in [0.25, 0.3) is 6.08 Å². The molecule has 8 heteroatoms. The summed E-state index contributed by atoms with van der Waals surface area (Å²) >= 11 is 0. The summed E-state index contributed by atoms with van der Waals surface area (Å²) in [7, 11) is 2.84. The first-order valence-electron chi connectivity index (χ1n) is 7.11. The van der Waals surface area contributed by atoms with Crippen LogP contribution in [0.2, 0.25) is 0 Å². The molecule has 8 nitrogen and oxygen atoms in total. The minimum absolute atomic E-state index is 0.128. The van der Waals surface area contributed by atoms with Gasteiger partial charge in [0, 0.05) is 26.2 Å². The first-order valence-corrected chi connectivity index (χ1v) is 7.11. The lowest BCUT2D eigenvalue weighted by molar-refractivity contribution is -0.111. The van der Waals surface area contributed by atoms with Gasteiger partial charge in [0.2, 0.25) is 12.7 Å². The average Bonchev–Trinajstić information content (AvgIpc) is 3.03. The molecule has 24 heavy (non-hydrogen) atoms. The Hall–Kier alpha value is -3.29. The Bertz CT molecular complexity index is 955. The molecule has 0 aliphatic carbocycles. The maximum absolute atomic E-state index is 12.0. The molecule has 124 valence electrons. The molecule has 0 atom stereocenters. The van der Waals surface area contributed by atoms with E-state index < -0.39 is 17.2 Å². The maximum atomic E-state index is 12.0. The number of nitrogens with zero attached hydrogens (tertiary/aromatic N) is 2. The summed E-state index contributed by atoms with van der Waals surface area (Å²) < 4.78 is 12.6. The van der Waals surface area contributed by atoms with Crippen molar-refractivity contribution in [1.82, 2.24) is 9.13 Å². The molecule has 0 saturated heterocycles. The van der Waals surface area contributed by atoms with Crippen molar-refractivity contribution in [3.05, 3.63) is 56.7 Å². The number of fused-ring (bicyclic) bond motifs is 1. The fourth-order valence-electron chi connectivity index (χ4n) is 2.21. The average molecular weight is 329 g/mol. The standard InChI is InChI=1S/C16H15N3O5/c1-18-13(8-15(21)19(2)16(18)22)17-14(20)6-4-10-3-5-11-12(7-10)24-9-23-11/h3-8H,9H2,1-2H3,(H,17,20). The number of carbonyl (C=O) groups excluding carboxylic acids is 1. The quantitative estimate of drug-likeness (QED) is 0.826. The molecule has 1 aliphatic heterocycles. The summed E-state index contributed by atoms with van der Waals surface area (Å²) in [6.45, 7) is 0.181. The monoisotopic (exact) mass is 329 g/mol. The van der Waals surface area contributed by atoms with Gasteiger partial charge in [0.05, 0.1) is 0 Å². The second-order valence-corrected chi connectivity index (χ2v) is 5.20. The van der Waals surface area contributed by atoms with Gasteiger partial charge in [-0.2, -0.15) is 0 Å². The number of ether oxygens (including phenoxy) is 2. The SMILES string of the molecule is Cn1c(NC(=O)C=Cc2ccc3c(c2)OCO3)cc(=O)n(C)c1=O. The molecule has 2 heterocycles. The van der Waals surface area contributed by atoms with Crippen LogP contribution in [-0.4, -0.2) is 21.8 Å². The first kappa shape index (κ1) is 15.6. The topological polar surface area (TPSA) is 91.6 Å². The largest absolute Gasteiger partial charge is 0.454 e. The van der Waals surface area contributed by atoms with Gasteiger partial charge in [-0.15, -0.1) is 0 Å². The van der Waals surface area contributed by atoms with E-state index >= 15 is 0 Å². The zero-order chi connectivity index (χ0) is 17.3. The van der Waals surface area contributed by atoms with Crippen LogP contribution in [0.4, 0.5) is 5.82 Å². The summed E-state index contributed by atoms with van der Waals surface area (Å²) in [4.78, 5) is 35.4. The van der Waals surface area contributed by atoms with E-state index in [1.165, 1.54) is 30.8 Å². The number of anilines is 1. The van der Waals surface area contributed by atoms with Crippen LogP contribution < -0.4 is 26.0 Å². The Morgan fingerprint density at radius 3 is 2.67 bits per heavy atom. The number of hydrogen-bond acceptors (Lipinski definition) is 5. The van der Waals surface area contributed by atoms with Gasteiger partial charge in [-0.1, -0.05) is 6.07 Å². The molecule has 2 aromatic rings. The van der Waals surface area contributed by atoms with Crippen LogP contribution >= 0.6 is 0 Å². The fraction of sp³-hybridized carbons (Fsp3) is 0.188. The molecule has 1 aliphatic rings. The third-order valence-electron chi connectivity index (χ3n) is 3.60. The van der Waals surface area contributed by atoms with Crippen molar-refractivity contribution >= 4 is 17.8 Å². The number of hydrogen-bond donors (Lipinski definition) is 1. The second kappa shape index (κ2) is 6.07. The molecule has 0 unspecified atom stereocenters. The molecule has 1 N–H and O–H groups in total. The number of carbonyl (C=O) groups is 1. The van der Waals surface area contributed by atoms with Gasteiger partial charge in [-0.3, -0.25) is 18.7 Å². The van der Waals surface area contributed by atoms with E-state index in [2.05, 4.69) is 5.32 Å². The van der Waals surface area contributed by atoms with Gasteiger partial charge in [-0.05, 0) is 23.8 Å². The minimum Gasteiger partial charge on any atom is -0.454 e. The fourth-order valence-corrected chi connectivity index (χ4v) is 2.21. The van der Waals surface area contributed by atoms with Crippen molar-refractivity contribution in [1.29, 1.82) is 0 Å². The highest BCUT2D eigenvalue weighted by molar-refractivity contribution is 6.01. The van der Waals surface area contributed by atoms with Crippen LogP contribution in [0.5, 0.6) is 11.5 Å². The zero-order valence-electron chi connectivity index (χ0n) is 13.1. The van der Waals surface area contributed by atoms with Gasteiger partial charge in [-0.25, -0.2) is 4.79 Å². The zero-order valence-corrected chi connectivity index (χ0v) is 13.1. The van der Waals surface area contributed by atoms with E-state index in [4.69, 9.17) is 9.47 Å². The van der Waals surface area contributed by atoms with Gasteiger partial charge in [0.15, 0.2) is 11.5 Å². The highest BCUT2D eigenvalue weighted by Crippen LogP contribution is 2.32. The van der Waals surface area contributed by atoms with Crippen molar-refractivity contribution in [2.24, 2.45) is 14.1 Å². The highest BCUT2D eigenvalue weighted by atomic mass is 16.7. The molecule has 0 saturated carbocycles. The van der Waals surface area contributed by atoms with E-state index in [9.17, 15) is 14.4 Å². The minimum atomic E-state index is -0.516. The molecule has 0 fully saturated rings. The number of nitrogens with one attached hydrogen (secondary N) is 1. The molecule has 1 aromatic heterocycles. The Balaban J connectivity index is 1.77. The third-order valence-corrected chi connectivity index (χ3v) is 3.60. The van der Waals surface area contributed by atoms with Gasteiger partial charge < -0.3 is 14.8 Å². The normalized spacial score (nSPS) is 12.6. The van der Waals surface area contributed by atoms with Crippen LogP contribution in [-0.2, 0) is 18.9 Å². The van der Waals surface area contributed by atoms with Crippen LogP contribution in [0, 0.1) is 0 Å². The van der Waals surface area contributed by atoms with Crippen LogP contribution in [0.15, 0.2) is 39.9 Å². The Kier molecular flexibility index (Phi) is 3.95. The number of amides is 1. The van der Waals surface area contributed by atoms with Crippen molar-refractivity contribution < 1.29 is 14.3 Å². The first-order chi connectivity index (χ1) is 11.5. The summed E-state index contributed by atoms with van der Waals surface area (Å²) in [5.74, 6) is 0.942. The van der Waals surface area contributed by atoms with E-state index in [1.807, 2.05) is 0 Å². The maximum Gasteiger partial charge on any atom is 0.332 e. The van der Waals surface area contributed by atoms with Crippen molar-refractivity contribution in [2.75, 3.05) is 12.1 Å². The van der Waals surface area contributed by atoms with E-state index in [0.29, 0.717) is 11.5 Å². The van der Waals surface area contributed by atoms with Crippen molar-refractivity contribution in [3.8, 4) is 11.5 Å². The summed E-state index contributed by atoms with van der Waals surface area (Å²) in [6.07, 6.45) is 2.90. The predicted molar refractivity (Wildman–Crippen MR) is 87.2 cm³/mol. The predicted octanol–water partition coefficient (Wildman–Crippen LogP) is 0.465. The van der Waals surface area contributed by atoms with Gasteiger partial charge >= 0.3 is 5.69 Å². The van der Waals surface area contributed by atoms with Crippen molar-refractivity contribution in [3.63, 3.8) is 0 Å². The van der Waals surface area contributed by atoms with E-state index in [0.717, 1.165) is 10.1 Å². The van der Waals surface area contributed by atoms with Crippen LogP contribution in [0.3, 0.4) is 0 Å². The Morgan fingerprint density at radius 1 is 1.12 bits per heavy atom. The van der Waals surface area contributed by atoms with E-state index in [-0.39, 0.29) is 12.6 Å². The van der Waals surface area contributed by atoms with E-state index in [1.54, 1.807) is 24.3 Å². The molecular formula is C16H15N3O5. The number of aromatic nitrogens is 2. The lowest BCUT2D eigenvalue weighted by atomic mass is 10.2. The van der Waals surface area contributed by atoms with Gasteiger partial charge in [0.25, 0.3) is 5.56 Å². The highest BCUT2D eigenvalue weighted by Gasteiger charge is 2.12. The lowest BCUT2D eigenvalue weighted by Gasteiger charge is -2.09. The Labute approximate surface area is 136 Å². The molecule has 1 amide bonds. The number of rotatable bonds is 3. The molecule has 1 aromatic carbocycles. The smallest absolute Gasteiger partial charge is 0.332 e. The molecule has 3 rings (SSSR count). The summed E-state index contributed by atoms with van der Waals surface area (Å²) in [5.41, 5.74) is -0.252. The molecule has 0 spiro atoms. The number of benzene rings is 1. The van der Waals surface area contributed by atoms with Gasteiger partial charge in [0.1, 0.15) is 5.82 Å². The summed E-state index contributed by atoms with van der Waals surface area (Å²) in [5, 5.41) is 2.51. The lowest BCUT2D eigenvalue weighted by Crippen LogP contribution is -2.37. The molecular weight excluding hydrogens is 314 g/mol. The third kappa shape index (κ3) is 2.94. The molecule has 0 bridgehead atoms. The summed E-state index contributed by atoms with van der Waals surface area (Å²) in [6, 6.07) is 6.48. The van der Waals surface area contributed by atoms with Crippen molar-refractivity contribution in [2.45, 2.75) is 0 Å². The van der Waals surface area contributed by atoms with Crippen LogP contribution in [0.1, 0.15) is 5.56 Å². The Morgan fingerprint density at radius 2 is 1.88 bits per heavy atom. The second-order valence-electron chi connectivity index (χ2n) is 5.20.